The molecule has 104 valence electrons. The molecular formula is C13H18N2O4. The molecule has 6 nitrogen and oxygen atoms in total. The van der Waals surface area contributed by atoms with Crippen LogP contribution < -0.4 is 10.1 Å². The number of carbonyl (C=O) groups excluding carboxylic acids is 1. The molecule has 0 saturated carbocycles. The van der Waals surface area contributed by atoms with Gasteiger partial charge < -0.3 is 19.5 Å². The van der Waals surface area contributed by atoms with Crippen molar-refractivity contribution in [3.8, 4) is 5.75 Å². The predicted molar refractivity (Wildman–Crippen MR) is 68.3 cm³/mol. The fraction of sp³-hybridized carbons (Fsp3) is 0.538. The zero-order valence-electron chi connectivity index (χ0n) is 11.1. The predicted octanol–water partition coefficient (Wildman–Crippen LogP) is 0.624. The van der Waals surface area contributed by atoms with E-state index >= 15 is 0 Å². The van der Waals surface area contributed by atoms with Crippen LogP contribution in [0.4, 0.5) is 0 Å². The van der Waals surface area contributed by atoms with E-state index in [2.05, 4.69) is 15.0 Å². The minimum absolute atomic E-state index is 0.0125. The molecule has 2 heterocycles. The number of nitrogens with zero attached hydrogens (tertiary/aromatic N) is 1. The molecule has 0 amide bonds. The molecule has 2 unspecified atom stereocenters. The minimum Gasteiger partial charge on any atom is -0.491 e. The van der Waals surface area contributed by atoms with Gasteiger partial charge in [0.05, 0.1) is 13.2 Å². The van der Waals surface area contributed by atoms with E-state index in [9.17, 15) is 4.79 Å². The Bertz CT molecular complexity index is 438. The van der Waals surface area contributed by atoms with Crippen molar-refractivity contribution in [1.82, 2.24) is 10.3 Å². The number of ether oxygens (including phenoxy) is 3. The summed E-state index contributed by atoms with van der Waals surface area (Å²) in [5, 5.41) is 3.27. The van der Waals surface area contributed by atoms with Crippen LogP contribution in [0.25, 0.3) is 0 Å². The van der Waals surface area contributed by atoms with Crippen molar-refractivity contribution < 1.29 is 19.0 Å². The second-order valence-electron chi connectivity index (χ2n) is 4.41. The highest BCUT2D eigenvalue weighted by atomic mass is 16.5. The molecule has 1 aliphatic heterocycles. The molecule has 1 aromatic rings. The molecule has 0 radical (unpaired) electrons. The van der Waals surface area contributed by atoms with E-state index in [0.29, 0.717) is 12.4 Å². The van der Waals surface area contributed by atoms with Gasteiger partial charge in [-0.1, -0.05) is 0 Å². The van der Waals surface area contributed by atoms with Gasteiger partial charge in [0.25, 0.3) is 0 Å². The molecule has 19 heavy (non-hydrogen) atoms. The first-order valence-electron chi connectivity index (χ1n) is 6.22. The molecular weight excluding hydrogens is 248 g/mol. The summed E-state index contributed by atoms with van der Waals surface area (Å²) in [5.74, 6) is 0.104. The molecule has 0 bridgehead atoms. The van der Waals surface area contributed by atoms with Gasteiger partial charge in [-0.15, -0.1) is 0 Å². The fourth-order valence-corrected chi connectivity index (χ4v) is 1.88. The molecule has 1 N–H and O–H groups in total. The van der Waals surface area contributed by atoms with E-state index in [1.807, 2.05) is 6.92 Å². The Kier molecular flexibility index (Phi) is 4.70. The molecule has 1 saturated heterocycles. The SMILES string of the molecule is COC(=O)c1cc(OCC2CNCC(C)O2)ccn1. The van der Waals surface area contributed by atoms with E-state index in [4.69, 9.17) is 9.47 Å². The lowest BCUT2D eigenvalue weighted by Gasteiger charge is -2.28. The number of carbonyl (C=O) groups is 1. The molecule has 0 spiro atoms. The first-order valence-corrected chi connectivity index (χ1v) is 6.22. The van der Waals surface area contributed by atoms with E-state index in [0.717, 1.165) is 13.1 Å². The average molecular weight is 266 g/mol. The van der Waals surface area contributed by atoms with Gasteiger partial charge in [-0.2, -0.15) is 0 Å². The van der Waals surface area contributed by atoms with Gasteiger partial charge in [-0.05, 0) is 13.0 Å². The highest BCUT2D eigenvalue weighted by molar-refractivity contribution is 5.87. The van der Waals surface area contributed by atoms with E-state index in [1.165, 1.54) is 13.3 Å². The van der Waals surface area contributed by atoms with Crippen molar-refractivity contribution in [2.45, 2.75) is 19.1 Å². The number of rotatable bonds is 4. The topological polar surface area (TPSA) is 69.7 Å². The van der Waals surface area contributed by atoms with Gasteiger partial charge in [0, 0.05) is 25.4 Å². The minimum atomic E-state index is -0.477. The number of methoxy groups -OCH3 is 1. The van der Waals surface area contributed by atoms with Crippen LogP contribution in [-0.2, 0) is 9.47 Å². The average Bonchev–Trinajstić information content (AvgIpc) is 2.45. The highest BCUT2D eigenvalue weighted by Gasteiger charge is 2.19. The maximum Gasteiger partial charge on any atom is 0.356 e. The smallest absolute Gasteiger partial charge is 0.356 e. The fourth-order valence-electron chi connectivity index (χ4n) is 1.88. The molecule has 0 aromatic carbocycles. The number of hydrogen-bond donors (Lipinski definition) is 1. The third kappa shape index (κ3) is 3.90. The Balaban J connectivity index is 1.90. The Labute approximate surface area is 112 Å². The van der Waals surface area contributed by atoms with Crippen molar-refractivity contribution in [2.75, 3.05) is 26.8 Å². The highest BCUT2D eigenvalue weighted by Crippen LogP contribution is 2.13. The zero-order chi connectivity index (χ0) is 13.7. The van der Waals surface area contributed by atoms with Crippen molar-refractivity contribution in [3.05, 3.63) is 24.0 Å². The summed E-state index contributed by atoms with van der Waals surface area (Å²) in [4.78, 5) is 15.3. The number of esters is 1. The van der Waals surface area contributed by atoms with Crippen LogP contribution in [-0.4, -0.2) is 50.0 Å². The summed E-state index contributed by atoms with van der Waals surface area (Å²) in [6.07, 6.45) is 1.72. The number of hydrogen-bond acceptors (Lipinski definition) is 6. The quantitative estimate of drug-likeness (QED) is 0.806. The first kappa shape index (κ1) is 13.8. The number of aromatic nitrogens is 1. The molecule has 1 fully saturated rings. The summed E-state index contributed by atoms with van der Waals surface area (Å²) in [6, 6.07) is 3.26. The number of nitrogens with one attached hydrogen (secondary N) is 1. The van der Waals surface area contributed by atoms with Crippen molar-refractivity contribution in [3.63, 3.8) is 0 Å². The molecule has 1 aliphatic rings. The van der Waals surface area contributed by atoms with Gasteiger partial charge in [-0.3, -0.25) is 0 Å². The molecule has 2 rings (SSSR count). The van der Waals surface area contributed by atoms with Crippen molar-refractivity contribution in [1.29, 1.82) is 0 Å². The Morgan fingerprint density at radius 1 is 1.58 bits per heavy atom. The van der Waals surface area contributed by atoms with Gasteiger partial charge in [0.2, 0.25) is 0 Å². The molecule has 1 aromatic heterocycles. The monoisotopic (exact) mass is 266 g/mol. The van der Waals surface area contributed by atoms with Crippen LogP contribution >= 0.6 is 0 Å². The lowest BCUT2D eigenvalue weighted by Crippen LogP contribution is -2.45. The molecule has 2 atom stereocenters. The van der Waals surface area contributed by atoms with E-state index in [-0.39, 0.29) is 17.9 Å². The van der Waals surface area contributed by atoms with Gasteiger partial charge >= 0.3 is 5.97 Å². The van der Waals surface area contributed by atoms with Crippen molar-refractivity contribution >= 4 is 5.97 Å². The standard InChI is InChI=1S/C13H18N2O4/c1-9-6-14-7-11(19-9)8-18-10-3-4-15-12(5-10)13(16)17-2/h3-5,9,11,14H,6-8H2,1-2H3. The second-order valence-corrected chi connectivity index (χ2v) is 4.41. The zero-order valence-corrected chi connectivity index (χ0v) is 11.1. The Morgan fingerprint density at radius 3 is 3.16 bits per heavy atom. The summed E-state index contributed by atoms with van der Waals surface area (Å²) in [7, 11) is 1.32. The van der Waals surface area contributed by atoms with Crippen LogP contribution in [0.5, 0.6) is 5.75 Å². The van der Waals surface area contributed by atoms with Gasteiger partial charge in [0.15, 0.2) is 5.69 Å². The van der Waals surface area contributed by atoms with Crippen molar-refractivity contribution in [2.24, 2.45) is 0 Å². The van der Waals surface area contributed by atoms with Crippen LogP contribution in [0.15, 0.2) is 18.3 Å². The number of morpholine rings is 1. The molecule has 6 heteroatoms. The third-order valence-corrected chi connectivity index (χ3v) is 2.79. The third-order valence-electron chi connectivity index (χ3n) is 2.79. The van der Waals surface area contributed by atoms with Crippen LogP contribution in [0.3, 0.4) is 0 Å². The van der Waals surface area contributed by atoms with Crippen LogP contribution in [0.2, 0.25) is 0 Å². The van der Waals surface area contributed by atoms with E-state index < -0.39 is 5.97 Å². The summed E-state index contributed by atoms with van der Waals surface area (Å²) in [5.41, 5.74) is 0.232. The largest absolute Gasteiger partial charge is 0.491 e. The van der Waals surface area contributed by atoms with Gasteiger partial charge in [-0.25, -0.2) is 9.78 Å². The number of pyridine rings is 1. The summed E-state index contributed by atoms with van der Waals surface area (Å²) >= 11 is 0. The second kappa shape index (κ2) is 6.49. The maximum absolute atomic E-state index is 11.3. The molecule has 0 aliphatic carbocycles. The summed E-state index contributed by atoms with van der Waals surface area (Å²) < 4.78 is 15.9. The van der Waals surface area contributed by atoms with Gasteiger partial charge in [0.1, 0.15) is 18.5 Å². The Morgan fingerprint density at radius 2 is 2.42 bits per heavy atom. The lowest BCUT2D eigenvalue weighted by atomic mass is 10.2. The maximum atomic E-state index is 11.3. The normalized spacial score (nSPS) is 22.8. The lowest BCUT2D eigenvalue weighted by molar-refractivity contribution is -0.0470. The summed E-state index contributed by atoms with van der Waals surface area (Å²) in [6.45, 7) is 4.07. The van der Waals surface area contributed by atoms with Crippen LogP contribution in [0, 0.1) is 0 Å². The van der Waals surface area contributed by atoms with Crippen LogP contribution in [0.1, 0.15) is 17.4 Å². The Hall–Kier alpha value is -1.66. The van der Waals surface area contributed by atoms with E-state index in [1.54, 1.807) is 12.1 Å². The first-order chi connectivity index (χ1) is 9.19.